The number of hydrogen-bond acceptors (Lipinski definition) is 1. The average molecular weight is 231 g/mol. The second-order valence-corrected chi connectivity index (χ2v) is 3.32. The van der Waals surface area contributed by atoms with Gasteiger partial charge in [-0.1, -0.05) is 17.7 Å². The summed E-state index contributed by atoms with van der Waals surface area (Å²) in [5.74, 6) is 0. The Morgan fingerprint density at radius 3 is 3.00 bits per heavy atom. The van der Waals surface area contributed by atoms with Gasteiger partial charge in [0, 0.05) is 0 Å². The van der Waals surface area contributed by atoms with Crippen LogP contribution in [0.5, 0.6) is 0 Å². The van der Waals surface area contributed by atoms with Crippen molar-refractivity contribution in [2.45, 2.75) is 0 Å². The van der Waals surface area contributed by atoms with Crippen molar-refractivity contribution < 1.29 is 0 Å². The summed E-state index contributed by atoms with van der Waals surface area (Å²) in [6.07, 6.45) is 1.72. The molecule has 0 spiro atoms. The first-order valence-electron chi connectivity index (χ1n) is 3.06. The highest BCUT2D eigenvalue weighted by Gasteiger charge is 2.01. The molecule has 0 fully saturated rings. The Hall–Kier alpha value is -0.540. The Morgan fingerprint density at radius 2 is 2.27 bits per heavy atom. The van der Waals surface area contributed by atoms with Gasteiger partial charge >= 0.3 is 0 Å². The standard InChI is InChI=1S/C7H4BrClN2/c8-5-4-10-7-3-1-2-6(9)11(5)7/h1-4H. The van der Waals surface area contributed by atoms with Crippen LogP contribution >= 0.6 is 27.5 Å². The molecule has 0 bridgehead atoms. The maximum Gasteiger partial charge on any atom is 0.138 e. The van der Waals surface area contributed by atoms with Crippen LogP contribution < -0.4 is 0 Å². The van der Waals surface area contributed by atoms with Gasteiger partial charge in [-0.25, -0.2) is 4.98 Å². The summed E-state index contributed by atoms with van der Waals surface area (Å²) in [5.41, 5.74) is 0.851. The van der Waals surface area contributed by atoms with Gasteiger partial charge in [0.2, 0.25) is 0 Å². The second-order valence-electron chi connectivity index (χ2n) is 2.12. The zero-order valence-corrected chi connectivity index (χ0v) is 7.80. The molecule has 0 aliphatic rings. The molecule has 0 atom stereocenters. The van der Waals surface area contributed by atoms with Crippen LogP contribution in [0.2, 0.25) is 5.15 Å². The first-order valence-corrected chi connectivity index (χ1v) is 4.23. The molecule has 0 aliphatic carbocycles. The molecule has 0 amide bonds. The Bertz CT molecular complexity index is 396. The van der Waals surface area contributed by atoms with E-state index in [0.29, 0.717) is 5.15 Å². The second kappa shape index (κ2) is 2.50. The van der Waals surface area contributed by atoms with Crippen LogP contribution in [0.4, 0.5) is 0 Å². The lowest BCUT2D eigenvalue weighted by Gasteiger charge is -1.96. The molecule has 2 aromatic heterocycles. The number of imidazole rings is 1. The number of aromatic nitrogens is 2. The molecule has 0 radical (unpaired) electrons. The molecule has 2 rings (SSSR count). The maximum absolute atomic E-state index is 5.90. The van der Waals surface area contributed by atoms with Gasteiger partial charge in [0.1, 0.15) is 15.4 Å². The topological polar surface area (TPSA) is 17.3 Å². The van der Waals surface area contributed by atoms with E-state index in [1.807, 2.05) is 22.6 Å². The summed E-state index contributed by atoms with van der Waals surface area (Å²) in [7, 11) is 0. The van der Waals surface area contributed by atoms with Crippen LogP contribution in [0.25, 0.3) is 5.65 Å². The van der Waals surface area contributed by atoms with Crippen molar-refractivity contribution in [1.82, 2.24) is 9.38 Å². The van der Waals surface area contributed by atoms with E-state index in [4.69, 9.17) is 11.6 Å². The molecule has 0 aliphatic heterocycles. The van der Waals surface area contributed by atoms with Crippen molar-refractivity contribution in [3.63, 3.8) is 0 Å². The summed E-state index contributed by atoms with van der Waals surface area (Å²) >= 11 is 9.23. The largest absolute Gasteiger partial charge is 0.277 e. The smallest absolute Gasteiger partial charge is 0.138 e. The predicted octanol–water partition coefficient (Wildman–Crippen LogP) is 2.75. The predicted molar refractivity (Wildman–Crippen MR) is 47.9 cm³/mol. The van der Waals surface area contributed by atoms with E-state index < -0.39 is 0 Å². The Labute approximate surface area is 76.9 Å². The minimum atomic E-state index is 0.659. The van der Waals surface area contributed by atoms with Gasteiger partial charge in [0.25, 0.3) is 0 Å². The van der Waals surface area contributed by atoms with E-state index in [-0.39, 0.29) is 0 Å². The van der Waals surface area contributed by atoms with E-state index in [2.05, 4.69) is 20.9 Å². The van der Waals surface area contributed by atoms with Crippen LogP contribution in [0.15, 0.2) is 29.0 Å². The van der Waals surface area contributed by atoms with Gasteiger partial charge in [0.15, 0.2) is 0 Å². The third-order valence-corrected chi connectivity index (χ3v) is 2.29. The van der Waals surface area contributed by atoms with Gasteiger partial charge in [-0.05, 0) is 28.1 Å². The number of rotatable bonds is 0. The molecule has 0 saturated heterocycles. The number of nitrogens with zero attached hydrogens (tertiary/aromatic N) is 2. The van der Waals surface area contributed by atoms with Crippen molar-refractivity contribution in [3.8, 4) is 0 Å². The number of pyridine rings is 1. The first-order chi connectivity index (χ1) is 5.29. The minimum absolute atomic E-state index is 0.659. The molecule has 0 aromatic carbocycles. The Balaban J connectivity index is 2.96. The molecule has 11 heavy (non-hydrogen) atoms. The molecule has 0 unspecified atom stereocenters. The zero-order valence-electron chi connectivity index (χ0n) is 5.46. The highest BCUT2D eigenvalue weighted by atomic mass is 79.9. The van der Waals surface area contributed by atoms with Crippen LogP contribution in [0, 0.1) is 0 Å². The van der Waals surface area contributed by atoms with Gasteiger partial charge in [-0.2, -0.15) is 0 Å². The third-order valence-electron chi connectivity index (χ3n) is 1.44. The van der Waals surface area contributed by atoms with E-state index >= 15 is 0 Å². The molecule has 0 saturated carbocycles. The monoisotopic (exact) mass is 230 g/mol. The molecule has 2 aromatic rings. The highest BCUT2D eigenvalue weighted by molar-refractivity contribution is 9.10. The molecule has 4 heteroatoms. The van der Waals surface area contributed by atoms with Crippen LogP contribution in [-0.4, -0.2) is 9.38 Å². The Kier molecular flexibility index (Phi) is 1.62. The van der Waals surface area contributed by atoms with E-state index in [1.54, 1.807) is 6.20 Å². The number of fused-ring (bicyclic) bond motifs is 1. The van der Waals surface area contributed by atoms with Crippen molar-refractivity contribution in [3.05, 3.63) is 34.2 Å². The van der Waals surface area contributed by atoms with Crippen molar-refractivity contribution in [2.75, 3.05) is 0 Å². The van der Waals surface area contributed by atoms with Crippen LogP contribution in [-0.2, 0) is 0 Å². The lowest BCUT2D eigenvalue weighted by atomic mass is 10.5. The number of halogens is 2. The summed E-state index contributed by atoms with van der Waals surface area (Å²) in [6.45, 7) is 0. The fourth-order valence-electron chi connectivity index (χ4n) is 0.961. The molecule has 2 nitrogen and oxygen atoms in total. The number of hydrogen-bond donors (Lipinski definition) is 0. The van der Waals surface area contributed by atoms with E-state index in [1.165, 1.54) is 0 Å². The lowest BCUT2D eigenvalue weighted by molar-refractivity contribution is 1.15. The van der Waals surface area contributed by atoms with Crippen molar-refractivity contribution in [2.24, 2.45) is 0 Å². The summed E-state index contributed by atoms with van der Waals surface area (Å²) < 4.78 is 2.69. The third kappa shape index (κ3) is 1.04. The van der Waals surface area contributed by atoms with E-state index in [0.717, 1.165) is 10.3 Å². The van der Waals surface area contributed by atoms with Crippen molar-refractivity contribution in [1.29, 1.82) is 0 Å². The van der Waals surface area contributed by atoms with Gasteiger partial charge < -0.3 is 0 Å². The van der Waals surface area contributed by atoms with Crippen LogP contribution in [0.1, 0.15) is 0 Å². The summed E-state index contributed by atoms with van der Waals surface area (Å²) in [5, 5.41) is 0.659. The first kappa shape index (κ1) is 7.13. The summed E-state index contributed by atoms with van der Waals surface area (Å²) in [6, 6.07) is 5.59. The fourth-order valence-corrected chi connectivity index (χ4v) is 1.79. The SMILES string of the molecule is Clc1cccc2ncc(Br)n12. The van der Waals surface area contributed by atoms with E-state index in [9.17, 15) is 0 Å². The fraction of sp³-hybridized carbons (Fsp3) is 0. The normalized spacial score (nSPS) is 10.7. The summed E-state index contributed by atoms with van der Waals surface area (Å²) in [4.78, 5) is 4.11. The molecule has 2 heterocycles. The maximum atomic E-state index is 5.90. The van der Waals surface area contributed by atoms with Crippen LogP contribution in [0.3, 0.4) is 0 Å². The van der Waals surface area contributed by atoms with Gasteiger partial charge in [-0.3, -0.25) is 4.40 Å². The molecule has 0 N–H and O–H groups in total. The van der Waals surface area contributed by atoms with Gasteiger partial charge in [0.05, 0.1) is 6.20 Å². The molecular formula is C7H4BrClN2. The zero-order chi connectivity index (χ0) is 7.84. The molecule has 56 valence electrons. The van der Waals surface area contributed by atoms with Gasteiger partial charge in [-0.15, -0.1) is 0 Å². The van der Waals surface area contributed by atoms with Crippen molar-refractivity contribution >= 4 is 33.2 Å². The highest BCUT2D eigenvalue weighted by Crippen LogP contribution is 2.18. The quantitative estimate of drug-likeness (QED) is 0.637. The average Bonchev–Trinajstić information content (AvgIpc) is 2.34. The molecular weight excluding hydrogens is 227 g/mol. The minimum Gasteiger partial charge on any atom is -0.277 e. The Morgan fingerprint density at radius 1 is 1.45 bits per heavy atom. The lowest BCUT2D eigenvalue weighted by Crippen LogP contribution is -1.84.